The molecule has 1 fully saturated rings. The number of guanidine groups is 1. The van der Waals surface area contributed by atoms with Gasteiger partial charge < -0.3 is 31.3 Å². The number of hydrogen-bond acceptors (Lipinski definition) is 5. The van der Waals surface area contributed by atoms with E-state index in [-0.39, 0.29) is 11.8 Å². The van der Waals surface area contributed by atoms with Crippen LogP contribution in [0, 0.1) is 5.92 Å². The van der Waals surface area contributed by atoms with Crippen molar-refractivity contribution in [2.45, 2.75) is 52.1 Å². The number of primary amides is 1. The average Bonchev–Trinajstić information content (AvgIpc) is 2.62. The fourth-order valence-electron chi connectivity index (χ4n) is 2.99. The lowest BCUT2D eigenvalue weighted by Gasteiger charge is -2.30. The standard InChI is InChI=1S/C19H38N6O3/c1-19(2,3)28-18(27)24-11-10-23-17(21-4)22-9-5-6-12-25-13-7-15(8-14-25)16(20)26/h15H,5-14H2,1-4H3,(H2,20,26)(H,24,27)(H2,21,22,23). The fraction of sp³-hybridized carbons (Fsp3) is 0.842. The van der Waals surface area contributed by atoms with Crippen molar-refractivity contribution in [1.29, 1.82) is 0 Å². The molecule has 2 amide bonds. The largest absolute Gasteiger partial charge is 0.444 e. The number of ether oxygens (including phenoxy) is 1. The molecular weight excluding hydrogens is 360 g/mol. The summed E-state index contributed by atoms with van der Waals surface area (Å²) in [4.78, 5) is 29.3. The van der Waals surface area contributed by atoms with E-state index in [2.05, 4.69) is 25.8 Å². The summed E-state index contributed by atoms with van der Waals surface area (Å²) in [6.45, 7) is 10.3. The lowest BCUT2D eigenvalue weighted by atomic mass is 9.96. The zero-order valence-electron chi connectivity index (χ0n) is 17.8. The van der Waals surface area contributed by atoms with E-state index >= 15 is 0 Å². The third-order valence-corrected chi connectivity index (χ3v) is 4.49. The molecular formula is C19H38N6O3. The number of carbonyl (C=O) groups is 2. The Morgan fingerprint density at radius 1 is 1.07 bits per heavy atom. The average molecular weight is 399 g/mol. The molecule has 0 spiro atoms. The van der Waals surface area contributed by atoms with Crippen LogP contribution in [0.1, 0.15) is 46.5 Å². The topological polar surface area (TPSA) is 121 Å². The summed E-state index contributed by atoms with van der Waals surface area (Å²) in [6.07, 6.45) is 3.46. The summed E-state index contributed by atoms with van der Waals surface area (Å²) in [6, 6.07) is 0. The molecule has 0 aromatic carbocycles. The monoisotopic (exact) mass is 398 g/mol. The Balaban J connectivity index is 2.04. The Kier molecular flexibility index (Phi) is 10.7. The van der Waals surface area contributed by atoms with Gasteiger partial charge in [-0.2, -0.15) is 0 Å². The van der Waals surface area contributed by atoms with E-state index in [1.807, 2.05) is 20.8 Å². The van der Waals surface area contributed by atoms with E-state index in [0.29, 0.717) is 19.0 Å². The minimum absolute atomic E-state index is 0.0529. The molecule has 0 atom stereocenters. The molecule has 1 rings (SSSR count). The predicted molar refractivity (Wildman–Crippen MR) is 111 cm³/mol. The van der Waals surface area contributed by atoms with Crippen LogP contribution in [0.2, 0.25) is 0 Å². The summed E-state index contributed by atoms with van der Waals surface area (Å²) in [5, 5.41) is 9.13. The molecule has 0 saturated carbocycles. The van der Waals surface area contributed by atoms with Gasteiger partial charge in [0.25, 0.3) is 0 Å². The third-order valence-electron chi connectivity index (χ3n) is 4.49. The van der Waals surface area contributed by atoms with Crippen molar-refractivity contribution in [3.63, 3.8) is 0 Å². The number of aliphatic imine (C=N–C) groups is 1. The van der Waals surface area contributed by atoms with Crippen LogP contribution in [-0.2, 0) is 9.53 Å². The molecule has 1 saturated heterocycles. The molecule has 1 aliphatic rings. The van der Waals surface area contributed by atoms with Gasteiger partial charge in [-0.15, -0.1) is 0 Å². The summed E-state index contributed by atoms with van der Waals surface area (Å²) >= 11 is 0. The van der Waals surface area contributed by atoms with Crippen LogP contribution in [0.4, 0.5) is 4.79 Å². The molecule has 0 aromatic rings. The number of carbonyl (C=O) groups excluding carboxylic acids is 2. The number of alkyl carbamates (subject to hydrolysis) is 1. The number of nitrogens with one attached hydrogen (secondary N) is 3. The van der Waals surface area contributed by atoms with Crippen molar-refractivity contribution in [3.8, 4) is 0 Å². The van der Waals surface area contributed by atoms with E-state index in [4.69, 9.17) is 10.5 Å². The fourth-order valence-corrected chi connectivity index (χ4v) is 2.99. The molecule has 9 heteroatoms. The number of hydrogen-bond donors (Lipinski definition) is 4. The maximum absolute atomic E-state index is 11.6. The van der Waals surface area contributed by atoms with Crippen LogP contribution in [0.15, 0.2) is 4.99 Å². The Labute approximate surface area is 168 Å². The molecule has 5 N–H and O–H groups in total. The lowest BCUT2D eigenvalue weighted by Crippen LogP contribution is -2.42. The molecule has 162 valence electrons. The Hall–Kier alpha value is -2.03. The Bertz CT molecular complexity index is 510. The van der Waals surface area contributed by atoms with Gasteiger partial charge in [-0.3, -0.25) is 9.79 Å². The molecule has 0 bridgehead atoms. The first-order chi connectivity index (χ1) is 13.2. The van der Waals surface area contributed by atoms with Crippen molar-refractivity contribution in [2.75, 3.05) is 46.3 Å². The first-order valence-corrected chi connectivity index (χ1v) is 10.1. The highest BCUT2D eigenvalue weighted by molar-refractivity contribution is 5.79. The van der Waals surface area contributed by atoms with E-state index < -0.39 is 11.7 Å². The van der Waals surface area contributed by atoms with Gasteiger partial charge in [0.05, 0.1) is 0 Å². The van der Waals surface area contributed by atoms with Crippen LogP contribution in [0.5, 0.6) is 0 Å². The molecule has 0 aromatic heterocycles. The number of rotatable bonds is 9. The van der Waals surface area contributed by atoms with Gasteiger partial charge in [0.2, 0.25) is 5.91 Å². The molecule has 1 aliphatic heterocycles. The van der Waals surface area contributed by atoms with Crippen molar-refractivity contribution in [3.05, 3.63) is 0 Å². The van der Waals surface area contributed by atoms with Gasteiger partial charge in [0.1, 0.15) is 5.60 Å². The molecule has 9 nitrogen and oxygen atoms in total. The van der Waals surface area contributed by atoms with Gasteiger partial charge in [0, 0.05) is 32.6 Å². The smallest absolute Gasteiger partial charge is 0.407 e. The number of likely N-dealkylation sites (tertiary alicyclic amines) is 1. The van der Waals surface area contributed by atoms with Gasteiger partial charge >= 0.3 is 6.09 Å². The van der Waals surface area contributed by atoms with Gasteiger partial charge in [-0.25, -0.2) is 4.79 Å². The Morgan fingerprint density at radius 3 is 2.25 bits per heavy atom. The van der Waals surface area contributed by atoms with Crippen LogP contribution in [-0.4, -0.2) is 74.8 Å². The van der Waals surface area contributed by atoms with E-state index in [1.165, 1.54) is 0 Å². The lowest BCUT2D eigenvalue weighted by molar-refractivity contribution is -0.123. The summed E-state index contributed by atoms with van der Waals surface area (Å²) in [5.74, 6) is 0.606. The summed E-state index contributed by atoms with van der Waals surface area (Å²) in [7, 11) is 1.72. The minimum atomic E-state index is -0.493. The highest BCUT2D eigenvalue weighted by Crippen LogP contribution is 2.16. The van der Waals surface area contributed by atoms with Crippen molar-refractivity contribution in [1.82, 2.24) is 20.9 Å². The molecule has 0 unspecified atom stereocenters. The number of nitrogens with two attached hydrogens (primary N) is 1. The first kappa shape index (κ1) is 24.0. The zero-order valence-corrected chi connectivity index (χ0v) is 17.8. The van der Waals surface area contributed by atoms with Crippen molar-refractivity contribution >= 4 is 18.0 Å². The first-order valence-electron chi connectivity index (χ1n) is 10.1. The van der Waals surface area contributed by atoms with Crippen LogP contribution in [0.3, 0.4) is 0 Å². The second kappa shape index (κ2) is 12.4. The zero-order chi connectivity index (χ0) is 21.0. The molecule has 1 heterocycles. The van der Waals surface area contributed by atoms with Gasteiger partial charge in [-0.05, 0) is 66.1 Å². The van der Waals surface area contributed by atoms with E-state index in [9.17, 15) is 9.59 Å². The highest BCUT2D eigenvalue weighted by Gasteiger charge is 2.22. The summed E-state index contributed by atoms with van der Waals surface area (Å²) in [5.41, 5.74) is 4.87. The predicted octanol–water partition coefficient (Wildman–Crippen LogP) is 0.654. The van der Waals surface area contributed by atoms with Crippen LogP contribution < -0.4 is 21.7 Å². The van der Waals surface area contributed by atoms with Crippen molar-refractivity contribution < 1.29 is 14.3 Å². The minimum Gasteiger partial charge on any atom is -0.444 e. The molecule has 28 heavy (non-hydrogen) atoms. The number of nitrogens with zero attached hydrogens (tertiary/aromatic N) is 2. The molecule has 0 aliphatic carbocycles. The van der Waals surface area contributed by atoms with E-state index in [1.54, 1.807) is 7.05 Å². The second-order valence-corrected chi connectivity index (χ2v) is 8.08. The summed E-state index contributed by atoms with van der Waals surface area (Å²) < 4.78 is 5.18. The van der Waals surface area contributed by atoms with Gasteiger partial charge in [0.15, 0.2) is 5.96 Å². The van der Waals surface area contributed by atoms with Crippen LogP contribution in [0.25, 0.3) is 0 Å². The highest BCUT2D eigenvalue weighted by atomic mass is 16.6. The maximum atomic E-state index is 11.6. The normalized spacial score (nSPS) is 16.5. The van der Waals surface area contributed by atoms with E-state index in [0.717, 1.165) is 51.9 Å². The van der Waals surface area contributed by atoms with Gasteiger partial charge in [-0.1, -0.05) is 0 Å². The second-order valence-electron chi connectivity index (χ2n) is 8.08. The SMILES string of the molecule is CN=C(NCCCCN1CCC(C(N)=O)CC1)NCCNC(=O)OC(C)(C)C. The Morgan fingerprint density at radius 2 is 1.68 bits per heavy atom. The molecule has 0 radical (unpaired) electrons. The quantitative estimate of drug-likeness (QED) is 0.257. The van der Waals surface area contributed by atoms with Crippen molar-refractivity contribution in [2.24, 2.45) is 16.6 Å². The van der Waals surface area contributed by atoms with Crippen LogP contribution >= 0.6 is 0 Å². The number of piperidine rings is 1. The number of amides is 2. The maximum Gasteiger partial charge on any atom is 0.407 e. The number of unbranched alkanes of at least 4 members (excludes halogenated alkanes) is 1. The third kappa shape index (κ3) is 11.0.